The van der Waals surface area contributed by atoms with E-state index in [2.05, 4.69) is 12.6 Å². The van der Waals surface area contributed by atoms with Gasteiger partial charge in [0.1, 0.15) is 11.5 Å². The highest BCUT2D eigenvalue weighted by Crippen LogP contribution is 2.31. The number of carbonyl (C=O) groups excluding carboxylic acids is 1. The average Bonchev–Trinajstić information content (AvgIpc) is 2.34. The molecule has 0 saturated heterocycles. The van der Waals surface area contributed by atoms with E-state index in [9.17, 15) is 15.0 Å². The summed E-state index contributed by atoms with van der Waals surface area (Å²) >= 11 is 4.01. The fourth-order valence-corrected chi connectivity index (χ4v) is 1.69. The minimum Gasteiger partial charge on any atom is -0.507 e. The Morgan fingerprint density at radius 2 is 1.65 bits per heavy atom. The summed E-state index contributed by atoms with van der Waals surface area (Å²) in [7, 11) is 0. The predicted molar refractivity (Wildman–Crippen MR) is 66.9 cm³/mol. The highest BCUT2D eigenvalue weighted by atomic mass is 32.1. The van der Waals surface area contributed by atoms with Gasteiger partial charge >= 0.3 is 0 Å². The van der Waals surface area contributed by atoms with E-state index in [0.29, 0.717) is 5.56 Å². The number of phenols is 2. The van der Waals surface area contributed by atoms with Gasteiger partial charge in [-0.25, -0.2) is 0 Å². The molecule has 86 valence electrons. The number of hydrogen-bond acceptors (Lipinski definition) is 4. The maximum Gasteiger partial charge on any atom is 0.196 e. The lowest BCUT2D eigenvalue weighted by Gasteiger charge is -2.06. The average molecular weight is 246 g/mol. The highest BCUT2D eigenvalue weighted by molar-refractivity contribution is 7.80. The third-order valence-corrected chi connectivity index (χ3v) is 2.73. The summed E-state index contributed by atoms with van der Waals surface area (Å²) in [4.78, 5) is 12.3. The molecular formula is C13H10O3S. The molecule has 2 rings (SSSR count). The molecule has 0 radical (unpaired) electrons. The van der Waals surface area contributed by atoms with E-state index < -0.39 is 0 Å². The molecule has 2 aromatic rings. The largest absolute Gasteiger partial charge is 0.507 e. The second kappa shape index (κ2) is 4.51. The van der Waals surface area contributed by atoms with Crippen molar-refractivity contribution in [2.45, 2.75) is 4.90 Å². The van der Waals surface area contributed by atoms with Gasteiger partial charge in [0, 0.05) is 16.5 Å². The summed E-state index contributed by atoms with van der Waals surface area (Å²) in [6.45, 7) is 0. The Kier molecular flexibility index (Phi) is 3.06. The highest BCUT2D eigenvalue weighted by Gasteiger charge is 2.15. The van der Waals surface area contributed by atoms with Gasteiger partial charge in [-0.1, -0.05) is 30.3 Å². The first kappa shape index (κ1) is 11.5. The van der Waals surface area contributed by atoms with Crippen LogP contribution in [0.3, 0.4) is 0 Å². The third kappa shape index (κ3) is 2.26. The molecule has 0 atom stereocenters. The lowest BCUT2D eigenvalue weighted by molar-refractivity contribution is 0.103. The van der Waals surface area contributed by atoms with Gasteiger partial charge in [-0.05, 0) is 6.07 Å². The first-order valence-corrected chi connectivity index (χ1v) is 5.39. The third-order valence-electron chi connectivity index (χ3n) is 2.37. The van der Waals surface area contributed by atoms with E-state index in [-0.39, 0.29) is 27.7 Å². The van der Waals surface area contributed by atoms with Crippen LogP contribution in [-0.4, -0.2) is 16.0 Å². The number of rotatable bonds is 2. The van der Waals surface area contributed by atoms with Crippen molar-refractivity contribution in [2.75, 3.05) is 0 Å². The molecule has 0 amide bonds. The second-order valence-electron chi connectivity index (χ2n) is 3.55. The summed E-state index contributed by atoms with van der Waals surface area (Å²) in [5, 5.41) is 19.0. The van der Waals surface area contributed by atoms with E-state index in [4.69, 9.17) is 0 Å². The zero-order chi connectivity index (χ0) is 12.4. The van der Waals surface area contributed by atoms with Crippen LogP contribution in [0.5, 0.6) is 11.5 Å². The molecule has 2 aromatic carbocycles. The van der Waals surface area contributed by atoms with E-state index in [1.165, 1.54) is 6.07 Å². The fourth-order valence-electron chi connectivity index (χ4n) is 1.49. The van der Waals surface area contributed by atoms with E-state index in [1.54, 1.807) is 30.3 Å². The Balaban J connectivity index is 2.48. The first-order valence-electron chi connectivity index (χ1n) is 4.94. The zero-order valence-electron chi connectivity index (χ0n) is 8.79. The molecule has 0 spiro atoms. The van der Waals surface area contributed by atoms with Gasteiger partial charge in [0.25, 0.3) is 0 Å². The van der Waals surface area contributed by atoms with Crippen LogP contribution in [0, 0.1) is 0 Å². The molecular weight excluding hydrogens is 236 g/mol. The number of thiol groups is 1. The van der Waals surface area contributed by atoms with Crippen LogP contribution < -0.4 is 0 Å². The van der Waals surface area contributed by atoms with Gasteiger partial charge in [0.15, 0.2) is 5.78 Å². The number of carbonyl (C=O) groups is 1. The summed E-state index contributed by atoms with van der Waals surface area (Å²) in [6, 6.07) is 11.1. The Morgan fingerprint density at radius 1 is 1.00 bits per heavy atom. The zero-order valence-corrected chi connectivity index (χ0v) is 9.69. The Bertz CT molecular complexity index is 564. The molecule has 0 unspecified atom stereocenters. The quantitative estimate of drug-likeness (QED) is 0.564. The topological polar surface area (TPSA) is 57.5 Å². The maximum absolute atomic E-state index is 12.1. The molecule has 0 aromatic heterocycles. The Labute approximate surface area is 104 Å². The van der Waals surface area contributed by atoms with Crippen molar-refractivity contribution < 1.29 is 15.0 Å². The molecule has 0 aliphatic carbocycles. The summed E-state index contributed by atoms with van der Waals surface area (Å²) in [6.07, 6.45) is 0. The predicted octanol–water partition coefficient (Wildman–Crippen LogP) is 2.62. The molecule has 3 nitrogen and oxygen atoms in total. The summed E-state index contributed by atoms with van der Waals surface area (Å²) in [5.41, 5.74) is 0.597. The van der Waals surface area contributed by atoms with Crippen molar-refractivity contribution in [3.63, 3.8) is 0 Å². The van der Waals surface area contributed by atoms with Crippen LogP contribution >= 0.6 is 12.6 Å². The van der Waals surface area contributed by atoms with Crippen LogP contribution in [0.1, 0.15) is 15.9 Å². The van der Waals surface area contributed by atoms with Crippen LogP contribution in [0.15, 0.2) is 47.4 Å². The van der Waals surface area contributed by atoms with Crippen molar-refractivity contribution in [3.05, 3.63) is 53.6 Å². The molecule has 0 heterocycles. The van der Waals surface area contributed by atoms with Gasteiger partial charge in [-0.3, -0.25) is 4.79 Å². The molecule has 0 aliphatic rings. The molecule has 0 fully saturated rings. The summed E-state index contributed by atoms with van der Waals surface area (Å²) in [5.74, 6) is -0.719. The summed E-state index contributed by atoms with van der Waals surface area (Å²) < 4.78 is 0. The molecule has 0 saturated carbocycles. The van der Waals surface area contributed by atoms with Gasteiger partial charge in [0.2, 0.25) is 0 Å². The van der Waals surface area contributed by atoms with E-state index >= 15 is 0 Å². The minimum atomic E-state index is -0.307. The Morgan fingerprint density at radius 3 is 2.29 bits per heavy atom. The van der Waals surface area contributed by atoms with Crippen molar-refractivity contribution in [3.8, 4) is 11.5 Å². The van der Waals surface area contributed by atoms with Crippen LogP contribution in [0.25, 0.3) is 0 Å². The normalized spacial score (nSPS) is 10.2. The molecule has 4 heteroatoms. The Hall–Kier alpha value is -1.94. The van der Waals surface area contributed by atoms with Crippen LogP contribution in [0.4, 0.5) is 0 Å². The lowest BCUT2D eigenvalue weighted by atomic mass is 10.0. The van der Waals surface area contributed by atoms with Gasteiger partial charge in [-0.15, -0.1) is 12.6 Å². The SMILES string of the molecule is O=C(c1ccccc1)c1cc(S)c(O)cc1O. The van der Waals surface area contributed by atoms with Crippen LogP contribution in [0.2, 0.25) is 0 Å². The van der Waals surface area contributed by atoms with Gasteiger partial charge in [-0.2, -0.15) is 0 Å². The number of ketones is 1. The molecule has 0 aliphatic heterocycles. The molecule has 17 heavy (non-hydrogen) atoms. The van der Waals surface area contributed by atoms with E-state index in [0.717, 1.165) is 6.07 Å². The number of benzene rings is 2. The van der Waals surface area contributed by atoms with Crippen molar-refractivity contribution in [2.24, 2.45) is 0 Å². The second-order valence-corrected chi connectivity index (χ2v) is 4.04. The maximum atomic E-state index is 12.1. The smallest absolute Gasteiger partial charge is 0.196 e. The van der Waals surface area contributed by atoms with Crippen molar-refractivity contribution >= 4 is 18.4 Å². The standard InChI is InChI=1S/C13H10O3S/c14-10-7-11(15)12(17)6-9(10)13(16)8-4-2-1-3-5-8/h1-7,14-15,17H. The minimum absolute atomic E-state index is 0.124. The van der Waals surface area contributed by atoms with Crippen LogP contribution in [-0.2, 0) is 0 Å². The lowest BCUT2D eigenvalue weighted by Crippen LogP contribution is -2.01. The van der Waals surface area contributed by atoms with E-state index in [1.807, 2.05) is 0 Å². The number of aromatic hydroxyl groups is 2. The monoisotopic (exact) mass is 246 g/mol. The first-order chi connectivity index (χ1) is 8.09. The fraction of sp³-hybridized carbons (Fsp3) is 0. The van der Waals surface area contributed by atoms with Crippen molar-refractivity contribution in [1.29, 1.82) is 0 Å². The molecule has 0 bridgehead atoms. The number of phenolic OH excluding ortho intramolecular Hbond substituents is 2. The van der Waals surface area contributed by atoms with Gasteiger partial charge < -0.3 is 10.2 Å². The molecule has 2 N–H and O–H groups in total. The van der Waals surface area contributed by atoms with Crippen molar-refractivity contribution in [1.82, 2.24) is 0 Å². The van der Waals surface area contributed by atoms with Gasteiger partial charge in [0.05, 0.1) is 5.56 Å². The number of hydrogen-bond donors (Lipinski definition) is 3.